The average molecular weight is 335 g/mol. The van der Waals surface area contributed by atoms with Gasteiger partial charge in [0.25, 0.3) is 0 Å². The van der Waals surface area contributed by atoms with Gasteiger partial charge in [0.05, 0.1) is 25.9 Å². The first-order valence-electron chi connectivity index (χ1n) is 8.69. The van der Waals surface area contributed by atoms with Gasteiger partial charge in [0.2, 0.25) is 0 Å². The third-order valence-corrected chi connectivity index (χ3v) is 4.14. The van der Waals surface area contributed by atoms with Crippen molar-refractivity contribution < 1.29 is 14.6 Å². The normalized spacial score (nSPS) is 16.8. The number of nitrogens with one attached hydrogen (secondary N) is 2. The zero-order valence-electron chi connectivity index (χ0n) is 14.9. The van der Waals surface area contributed by atoms with Gasteiger partial charge in [-0.2, -0.15) is 0 Å². The molecule has 1 saturated carbocycles. The smallest absolute Gasteiger partial charge is 0.195 e. The lowest BCUT2D eigenvalue weighted by molar-refractivity contribution is 0.0575. The molecule has 0 amide bonds. The third kappa shape index (κ3) is 5.03. The Morgan fingerprint density at radius 2 is 2.00 bits per heavy atom. The Bertz CT molecular complexity index is 554. The van der Waals surface area contributed by atoms with E-state index in [2.05, 4.69) is 15.6 Å². The second-order valence-electron chi connectivity index (χ2n) is 6.05. The topological polar surface area (TPSA) is 75.1 Å². The van der Waals surface area contributed by atoms with Crippen LogP contribution in [0.2, 0.25) is 0 Å². The van der Waals surface area contributed by atoms with Crippen LogP contribution in [0.4, 0.5) is 5.69 Å². The lowest BCUT2D eigenvalue weighted by Crippen LogP contribution is -2.34. The number of benzene rings is 1. The summed E-state index contributed by atoms with van der Waals surface area (Å²) in [5.74, 6) is 2.05. The molecule has 6 heteroatoms. The number of rotatable bonds is 7. The summed E-state index contributed by atoms with van der Waals surface area (Å²) in [7, 11) is 1.62. The van der Waals surface area contributed by atoms with Gasteiger partial charge in [-0.25, -0.2) is 0 Å². The highest BCUT2D eigenvalue weighted by Gasteiger charge is 2.30. The van der Waals surface area contributed by atoms with Gasteiger partial charge in [-0.1, -0.05) is 12.8 Å². The van der Waals surface area contributed by atoms with Gasteiger partial charge in [0, 0.05) is 18.3 Å². The van der Waals surface area contributed by atoms with Crippen molar-refractivity contribution >= 4 is 11.6 Å². The molecule has 1 aliphatic rings. The van der Waals surface area contributed by atoms with Gasteiger partial charge in [-0.3, -0.25) is 4.99 Å². The fraction of sp³-hybridized carbons (Fsp3) is 0.611. The Kier molecular flexibility index (Phi) is 6.73. The van der Waals surface area contributed by atoms with E-state index in [9.17, 15) is 5.11 Å². The van der Waals surface area contributed by atoms with Gasteiger partial charge in [-0.15, -0.1) is 0 Å². The molecule has 0 aliphatic heterocycles. The number of guanidine groups is 1. The molecular formula is C18H29N3O3. The summed E-state index contributed by atoms with van der Waals surface area (Å²) in [6, 6.07) is 5.67. The fourth-order valence-electron chi connectivity index (χ4n) is 2.88. The fourth-order valence-corrected chi connectivity index (χ4v) is 2.88. The van der Waals surface area contributed by atoms with E-state index in [0.29, 0.717) is 30.6 Å². The lowest BCUT2D eigenvalue weighted by Gasteiger charge is -2.20. The molecule has 0 bridgehead atoms. The highest BCUT2D eigenvalue weighted by Crippen LogP contribution is 2.31. The van der Waals surface area contributed by atoms with Crippen molar-refractivity contribution in [3.63, 3.8) is 0 Å². The Morgan fingerprint density at radius 3 is 2.62 bits per heavy atom. The average Bonchev–Trinajstić information content (AvgIpc) is 3.01. The monoisotopic (exact) mass is 335 g/mol. The lowest BCUT2D eigenvalue weighted by atomic mass is 10.0. The summed E-state index contributed by atoms with van der Waals surface area (Å²) in [6.07, 6.45) is 3.80. The molecule has 2 rings (SSSR count). The third-order valence-electron chi connectivity index (χ3n) is 4.14. The van der Waals surface area contributed by atoms with Gasteiger partial charge in [-0.05, 0) is 38.8 Å². The molecule has 0 radical (unpaired) electrons. The van der Waals surface area contributed by atoms with Crippen molar-refractivity contribution in [2.75, 3.05) is 32.1 Å². The number of methoxy groups -OCH3 is 1. The Morgan fingerprint density at radius 1 is 1.25 bits per heavy atom. The largest absolute Gasteiger partial charge is 0.493 e. The van der Waals surface area contributed by atoms with Crippen LogP contribution in [0.5, 0.6) is 11.5 Å². The number of aliphatic hydroxyl groups is 1. The van der Waals surface area contributed by atoms with Crippen molar-refractivity contribution in [3.05, 3.63) is 18.2 Å². The predicted octanol–water partition coefficient (Wildman–Crippen LogP) is 2.78. The Hall–Kier alpha value is -1.95. The molecule has 0 spiro atoms. The maximum Gasteiger partial charge on any atom is 0.195 e. The van der Waals surface area contributed by atoms with E-state index in [0.717, 1.165) is 37.9 Å². The number of anilines is 1. The molecule has 1 fully saturated rings. The Labute approximate surface area is 144 Å². The van der Waals surface area contributed by atoms with Crippen LogP contribution in [-0.2, 0) is 0 Å². The zero-order valence-corrected chi connectivity index (χ0v) is 14.9. The van der Waals surface area contributed by atoms with E-state index in [1.165, 1.54) is 0 Å². The quantitative estimate of drug-likeness (QED) is 0.528. The minimum atomic E-state index is -0.654. The SMILES string of the molecule is CCNC(=NCC1(O)CCCC1)Nc1ccc(OC)c(OCC)c1. The van der Waals surface area contributed by atoms with Gasteiger partial charge < -0.3 is 25.2 Å². The van der Waals surface area contributed by atoms with E-state index in [1.54, 1.807) is 7.11 Å². The second-order valence-corrected chi connectivity index (χ2v) is 6.05. The first-order chi connectivity index (χ1) is 11.6. The first kappa shape index (κ1) is 18.4. The molecule has 3 N–H and O–H groups in total. The summed E-state index contributed by atoms with van der Waals surface area (Å²) < 4.78 is 10.9. The van der Waals surface area contributed by atoms with Crippen LogP contribution < -0.4 is 20.1 Å². The number of hydrogen-bond acceptors (Lipinski definition) is 4. The predicted molar refractivity (Wildman–Crippen MR) is 97.2 cm³/mol. The molecule has 1 aliphatic carbocycles. The van der Waals surface area contributed by atoms with Crippen molar-refractivity contribution in [2.45, 2.75) is 45.1 Å². The minimum Gasteiger partial charge on any atom is -0.493 e. The minimum absolute atomic E-state index is 0.413. The standard InChI is InChI=1S/C18H29N3O3/c1-4-19-17(20-13-18(22)10-6-7-11-18)21-14-8-9-15(23-3)16(12-14)24-5-2/h8-9,12,22H,4-7,10-11,13H2,1-3H3,(H2,19,20,21). The van der Waals surface area contributed by atoms with Crippen molar-refractivity contribution in [1.29, 1.82) is 0 Å². The number of aliphatic imine (C=N–C) groups is 1. The summed E-state index contributed by atoms with van der Waals surface area (Å²) in [6.45, 7) is 5.69. The molecule has 0 aromatic heterocycles. The summed E-state index contributed by atoms with van der Waals surface area (Å²) in [4.78, 5) is 4.55. The maximum absolute atomic E-state index is 10.5. The summed E-state index contributed by atoms with van der Waals surface area (Å²) in [5.41, 5.74) is 0.205. The summed E-state index contributed by atoms with van der Waals surface area (Å²) in [5, 5.41) is 16.9. The molecule has 0 saturated heterocycles. The second kappa shape index (κ2) is 8.78. The molecule has 24 heavy (non-hydrogen) atoms. The molecule has 0 unspecified atom stereocenters. The molecule has 134 valence electrons. The van der Waals surface area contributed by atoms with E-state index >= 15 is 0 Å². The van der Waals surface area contributed by atoms with Crippen LogP contribution in [0.1, 0.15) is 39.5 Å². The molecule has 6 nitrogen and oxygen atoms in total. The van der Waals surface area contributed by atoms with E-state index in [4.69, 9.17) is 9.47 Å². The first-order valence-corrected chi connectivity index (χ1v) is 8.69. The zero-order chi connectivity index (χ0) is 17.4. The van der Waals surface area contributed by atoms with Crippen LogP contribution in [0, 0.1) is 0 Å². The van der Waals surface area contributed by atoms with E-state index in [1.807, 2.05) is 32.0 Å². The Balaban J connectivity index is 2.10. The highest BCUT2D eigenvalue weighted by molar-refractivity contribution is 5.94. The van der Waals surface area contributed by atoms with Gasteiger partial charge in [0.1, 0.15) is 0 Å². The number of ether oxygens (including phenoxy) is 2. The maximum atomic E-state index is 10.5. The van der Waals surface area contributed by atoms with Crippen LogP contribution in [0.3, 0.4) is 0 Å². The summed E-state index contributed by atoms with van der Waals surface area (Å²) >= 11 is 0. The van der Waals surface area contributed by atoms with Gasteiger partial charge >= 0.3 is 0 Å². The van der Waals surface area contributed by atoms with Crippen molar-refractivity contribution in [1.82, 2.24) is 5.32 Å². The molecule has 1 aromatic rings. The molecule has 0 heterocycles. The van der Waals surface area contributed by atoms with Crippen LogP contribution >= 0.6 is 0 Å². The molecule has 0 atom stereocenters. The van der Waals surface area contributed by atoms with Crippen LogP contribution in [0.15, 0.2) is 23.2 Å². The highest BCUT2D eigenvalue weighted by atomic mass is 16.5. The van der Waals surface area contributed by atoms with Crippen LogP contribution in [-0.4, -0.2) is 43.5 Å². The van der Waals surface area contributed by atoms with Crippen molar-refractivity contribution in [2.24, 2.45) is 4.99 Å². The van der Waals surface area contributed by atoms with E-state index in [-0.39, 0.29) is 0 Å². The van der Waals surface area contributed by atoms with Crippen LogP contribution in [0.25, 0.3) is 0 Å². The van der Waals surface area contributed by atoms with E-state index < -0.39 is 5.60 Å². The molecule has 1 aromatic carbocycles. The number of hydrogen-bond donors (Lipinski definition) is 3. The number of nitrogens with zero attached hydrogens (tertiary/aromatic N) is 1. The van der Waals surface area contributed by atoms with Crippen molar-refractivity contribution in [3.8, 4) is 11.5 Å². The van der Waals surface area contributed by atoms with Gasteiger partial charge in [0.15, 0.2) is 17.5 Å². The molecular weight excluding hydrogens is 306 g/mol.